The van der Waals surface area contributed by atoms with Crippen LogP contribution >= 0.6 is 0 Å². The van der Waals surface area contributed by atoms with E-state index in [4.69, 9.17) is 33.2 Å². The van der Waals surface area contributed by atoms with Gasteiger partial charge in [-0.25, -0.2) is 4.79 Å². The van der Waals surface area contributed by atoms with Gasteiger partial charge in [0, 0.05) is 12.8 Å². The molecule has 49 heavy (non-hydrogen) atoms. The van der Waals surface area contributed by atoms with E-state index in [-0.39, 0.29) is 79.8 Å². The lowest BCUT2D eigenvalue weighted by Gasteiger charge is -2.46. The summed E-state index contributed by atoms with van der Waals surface area (Å²) in [4.78, 5) is 59.7. The maximum absolute atomic E-state index is 12.1. The minimum atomic E-state index is -0.611. The van der Waals surface area contributed by atoms with Gasteiger partial charge in [-0.3, -0.25) is 19.2 Å². The number of ether oxygens (including phenoxy) is 7. The Morgan fingerprint density at radius 3 is 1.65 bits per heavy atom. The maximum atomic E-state index is 12.1. The van der Waals surface area contributed by atoms with Crippen LogP contribution in [0, 0.1) is 34.5 Å². The highest BCUT2D eigenvalue weighted by Gasteiger charge is 2.54. The fourth-order valence-corrected chi connectivity index (χ4v) is 8.57. The molecule has 276 valence electrons. The van der Waals surface area contributed by atoms with E-state index in [1.807, 2.05) is 27.7 Å². The molecule has 4 aliphatic heterocycles. The topological polar surface area (TPSA) is 150 Å². The van der Waals surface area contributed by atoms with Gasteiger partial charge in [0.05, 0.1) is 40.5 Å². The van der Waals surface area contributed by atoms with Crippen molar-refractivity contribution in [1.29, 1.82) is 0 Å². The predicted molar refractivity (Wildman–Crippen MR) is 173 cm³/mol. The molecular formula is C37H56O12. The van der Waals surface area contributed by atoms with E-state index in [1.54, 1.807) is 13.8 Å². The second-order valence-corrected chi connectivity index (χ2v) is 16.6. The molecule has 4 saturated heterocycles. The SMILES string of the molecule is CCC(C)(C)C(=O)OCC(=O)OCCOC12CC3CC(C1)OC(=O)C(C3)C2.CCC(C)(C)C(=O)OCOC12CC3CC(C1)OC(=O)C(C3)C2. The maximum Gasteiger partial charge on any atom is 0.344 e. The van der Waals surface area contributed by atoms with Crippen LogP contribution in [0.15, 0.2) is 0 Å². The number of carbonyl (C=O) groups is 5. The summed E-state index contributed by atoms with van der Waals surface area (Å²) >= 11 is 0. The molecule has 0 radical (unpaired) electrons. The van der Waals surface area contributed by atoms with Gasteiger partial charge in [-0.05, 0) is 104 Å². The molecule has 0 aromatic carbocycles. The van der Waals surface area contributed by atoms with Crippen molar-refractivity contribution in [1.82, 2.24) is 0 Å². The molecule has 8 fully saturated rings. The van der Waals surface area contributed by atoms with E-state index in [0.29, 0.717) is 31.1 Å². The van der Waals surface area contributed by atoms with E-state index in [0.717, 1.165) is 57.8 Å². The summed E-state index contributed by atoms with van der Waals surface area (Å²) in [5, 5.41) is 0. The minimum absolute atomic E-state index is 0.0252. The number of hydrogen-bond acceptors (Lipinski definition) is 12. The molecule has 4 aliphatic carbocycles. The van der Waals surface area contributed by atoms with Crippen LogP contribution in [-0.4, -0.2) is 79.9 Å². The second kappa shape index (κ2) is 14.9. The van der Waals surface area contributed by atoms with Crippen molar-refractivity contribution < 1.29 is 57.1 Å². The van der Waals surface area contributed by atoms with Crippen molar-refractivity contribution in [3.05, 3.63) is 0 Å². The molecule has 4 heterocycles. The van der Waals surface area contributed by atoms with Gasteiger partial charge in [0.15, 0.2) is 13.4 Å². The van der Waals surface area contributed by atoms with Crippen LogP contribution in [0.5, 0.6) is 0 Å². The highest BCUT2D eigenvalue weighted by atomic mass is 16.7. The number of esters is 5. The second-order valence-electron chi connectivity index (χ2n) is 16.6. The average molecular weight is 693 g/mol. The Morgan fingerprint density at radius 1 is 0.653 bits per heavy atom. The number of carbonyl (C=O) groups excluding carboxylic acids is 5. The van der Waals surface area contributed by atoms with E-state index in [1.165, 1.54) is 0 Å². The molecule has 12 nitrogen and oxygen atoms in total. The summed E-state index contributed by atoms with van der Waals surface area (Å²) in [5.74, 6) is -0.533. The van der Waals surface area contributed by atoms with Crippen LogP contribution < -0.4 is 0 Å². The lowest BCUT2D eigenvalue weighted by molar-refractivity contribution is -0.199. The fraction of sp³-hybridized carbons (Fsp3) is 0.865. The van der Waals surface area contributed by atoms with Crippen molar-refractivity contribution in [2.45, 2.75) is 142 Å². The molecule has 0 amide bonds. The van der Waals surface area contributed by atoms with Gasteiger partial charge in [-0.1, -0.05) is 13.8 Å². The van der Waals surface area contributed by atoms with Crippen molar-refractivity contribution in [2.75, 3.05) is 26.6 Å². The molecule has 0 spiro atoms. The highest BCUT2D eigenvalue weighted by molar-refractivity contribution is 5.80. The van der Waals surface area contributed by atoms with E-state index < -0.39 is 22.8 Å². The number of hydrogen-bond donors (Lipinski definition) is 0. The molecule has 0 aromatic heterocycles. The van der Waals surface area contributed by atoms with E-state index in [9.17, 15) is 24.0 Å². The molecule has 8 rings (SSSR count). The van der Waals surface area contributed by atoms with Crippen LogP contribution in [-0.2, 0) is 57.1 Å². The monoisotopic (exact) mass is 692 g/mol. The van der Waals surface area contributed by atoms with Crippen molar-refractivity contribution >= 4 is 29.8 Å². The van der Waals surface area contributed by atoms with Gasteiger partial charge in [0.25, 0.3) is 0 Å². The molecule has 8 atom stereocenters. The van der Waals surface area contributed by atoms with E-state index in [2.05, 4.69) is 0 Å². The summed E-state index contributed by atoms with van der Waals surface area (Å²) in [7, 11) is 0. The zero-order chi connectivity index (χ0) is 35.6. The Balaban J connectivity index is 0.000000195. The largest absolute Gasteiger partial charge is 0.462 e. The third-order valence-corrected chi connectivity index (χ3v) is 11.9. The third-order valence-electron chi connectivity index (χ3n) is 11.9. The van der Waals surface area contributed by atoms with Crippen molar-refractivity contribution in [2.24, 2.45) is 34.5 Å². The third kappa shape index (κ3) is 8.96. The molecule has 0 aromatic rings. The normalized spacial score (nSPS) is 34.2. The van der Waals surface area contributed by atoms with Crippen LogP contribution in [0.4, 0.5) is 0 Å². The molecule has 8 bridgehead atoms. The zero-order valence-electron chi connectivity index (χ0n) is 30.2. The molecule has 8 unspecified atom stereocenters. The summed E-state index contributed by atoms with van der Waals surface area (Å²) in [5.41, 5.74) is -1.79. The highest BCUT2D eigenvalue weighted by Crippen LogP contribution is 2.52. The van der Waals surface area contributed by atoms with Gasteiger partial charge in [-0.15, -0.1) is 0 Å². The van der Waals surface area contributed by atoms with Gasteiger partial charge in [-0.2, -0.15) is 0 Å². The summed E-state index contributed by atoms with van der Waals surface area (Å²) in [6.45, 7) is 11.1. The number of fused-ring (bicyclic) bond motifs is 2. The smallest absolute Gasteiger partial charge is 0.344 e. The Morgan fingerprint density at radius 2 is 1.14 bits per heavy atom. The van der Waals surface area contributed by atoms with Crippen LogP contribution in [0.3, 0.4) is 0 Å². The first-order valence-corrected chi connectivity index (χ1v) is 18.3. The quantitative estimate of drug-likeness (QED) is 0.108. The first-order valence-electron chi connectivity index (χ1n) is 18.3. The van der Waals surface area contributed by atoms with Crippen molar-refractivity contribution in [3.8, 4) is 0 Å². The van der Waals surface area contributed by atoms with E-state index >= 15 is 0 Å². The molecule has 0 N–H and O–H groups in total. The molecule has 12 heteroatoms. The Labute approximate surface area is 289 Å². The lowest BCUT2D eigenvalue weighted by Crippen LogP contribution is -2.47. The zero-order valence-corrected chi connectivity index (χ0v) is 30.2. The molecule has 8 aliphatic rings. The number of rotatable bonds is 13. The predicted octanol–water partition coefficient (Wildman–Crippen LogP) is 5.21. The standard InChI is InChI=1S/C20H30O7.C17H26O5/c1-4-19(2,3)18(23)25-12-16(21)24-5-6-26-20-9-13-7-14(10-20)17(22)27-15(8-13)11-20;1-4-16(2,3)15(19)20-10-21-17-7-11-5-12(8-17)14(18)22-13(6-11)9-17/h13-15H,4-12H2,1-3H3;11-13H,4-10H2,1-3H3. The fourth-order valence-electron chi connectivity index (χ4n) is 8.57. The Bertz CT molecular complexity index is 1260. The summed E-state index contributed by atoms with van der Waals surface area (Å²) in [6, 6.07) is 0. The van der Waals surface area contributed by atoms with Gasteiger partial charge < -0.3 is 33.2 Å². The Hall–Kier alpha value is -2.73. The van der Waals surface area contributed by atoms with Gasteiger partial charge >= 0.3 is 29.8 Å². The Kier molecular flexibility index (Phi) is 11.4. The molecule has 4 saturated carbocycles. The first kappa shape index (κ1) is 37.5. The van der Waals surface area contributed by atoms with Crippen molar-refractivity contribution in [3.63, 3.8) is 0 Å². The first-order chi connectivity index (χ1) is 23.1. The van der Waals surface area contributed by atoms with Crippen LogP contribution in [0.25, 0.3) is 0 Å². The summed E-state index contributed by atoms with van der Waals surface area (Å²) < 4.78 is 38.6. The van der Waals surface area contributed by atoms with Gasteiger partial charge in [0.1, 0.15) is 18.8 Å². The summed E-state index contributed by atoms with van der Waals surface area (Å²) in [6.07, 6.45) is 9.73. The lowest BCUT2D eigenvalue weighted by atomic mass is 9.65. The van der Waals surface area contributed by atoms with Crippen LogP contribution in [0.1, 0.15) is 119 Å². The van der Waals surface area contributed by atoms with Gasteiger partial charge in [0.2, 0.25) is 0 Å². The van der Waals surface area contributed by atoms with Crippen LogP contribution in [0.2, 0.25) is 0 Å². The average Bonchev–Trinajstić information content (AvgIpc) is 3.31. The molecular weight excluding hydrogens is 636 g/mol. The minimum Gasteiger partial charge on any atom is -0.462 e.